The molecule has 1 aromatic heterocycles. The maximum Gasteiger partial charge on any atom is 0.251 e. The van der Waals surface area contributed by atoms with Crippen molar-refractivity contribution in [1.29, 1.82) is 0 Å². The minimum Gasteiger partial charge on any atom is -0.348 e. The van der Waals surface area contributed by atoms with Gasteiger partial charge < -0.3 is 5.32 Å². The number of carbonyl (C=O) groups is 1. The fraction of sp³-hybridized carbons (Fsp3) is 0.154. The second kappa shape index (κ2) is 9.06. The number of rotatable bonds is 6. The van der Waals surface area contributed by atoms with E-state index in [1.807, 2.05) is 54.6 Å². The molecule has 3 nitrogen and oxygen atoms in total. The van der Waals surface area contributed by atoms with Gasteiger partial charge in [-0.15, -0.1) is 11.3 Å². The average Bonchev–Trinajstić information content (AvgIpc) is 3.29. The van der Waals surface area contributed by atoms with E-state index in [-0.39, 0.29) is 5.91 Å². The van der Waals surface area contributed by atoms with Gasteiger partial charge in [-0.2, -0.15) is 0 Å². The van der Waals surface area contributed by atoms with E-state index in [0.29, 0.717) is 18.0 Å². The number of hydrogen-bond donors (Lipinski definition) is 1. The Balaban J connectivity index is 1.44. The number of thiazole rings is 1. The molecule has 1 heterocycles. The van der Waals surface area contributed by atoms with Crippen LogP contribution in [0.15, 0.2) is 84.2 Å². The lowest BCUT2D eigenvalue weighted by molar-refractivity contribution is 0.0951. The quantitative estimate of drug-likeness (QED) is 0.391. The summed E-state index contributed by atoms with van der Waals surface area (Å²) in [6.45, 7) is 4.77. The highest BCUT2D eigenvalue weighted by atomic mass is 32.1. The van der Waals surface area contributed by atoms with Crippen molar-refractivity contribution >= 4 is 17.2 Å². The molecule has 150 valence electrons. The van der Waals surface area contributed by atoms with Crippen LogP contribution in [0.25, 0.3) is 21.8 Å². The van der Waals surface area contributed by atoms with Gasteiger partial charge in [-0.3, -0.25) is 4.79 Å². The maximum absolute atomic E-state index is 12.5. The zero-order chi connectivity index (χ0) is 20.9. The highest BCUT2D eigenvalue weighted by Crippen LogP contribution is 2.29. The molecule has 4 aromatic rings. The highest BCUT2D eigenvalue weighted by molar-refractivity contribution is 7.13. The van der Waals surface area contributed by atoms with Crippen LogP contribution >= 0.6 is 11.3 Å². The summed E-state index contributed by atoms with van der Waals surface area (Å²) in [5, 5.41) is 6.08. The van der Waals surface area contributed by atoms with E-state index in [1.54, 1.807) is 11.3 Å². The summed E-state index contributed by atoms with van der Waals surface area (Å²) >= 11 is 1.63. The smallest absolute Gasteiger partial charge is 0.251 e. The van der Waals surface area contributed by atoms with Crippen LogP contribution in [0.3, 0.4) is 0 Å². The third kappa shape index (κ3) is 4.66. The van der Waals surface area contributed by atoms with Gasteiger partial charge in [0, 0.05) is 28.6 Å². The minimum atomic E-state index is -0.0590. The first-order valence-electron chi connectivity index (χ1n) is 10.1. The number of hydrogen-bond acceptors (Lipinski definition) is 3. The Morgan fingerprint density at radius 1 is 0.933 bits per heavy atom. The highest BCUT2D eigenvalue weighted by Gasteiger charge is 2.09. The monoisotopic (exact) mass is 412 g/mol. The number of amides is 1. The molecule has 0 bridgehead atoms. The van der Waals surface area contributed by atoms with E-state index < -0.39 is 0 Å². The van der Waals surface area contributed by atoms with Crippen molar-refractivity contribution in [2.45, 2.75) is 26.3 Å². The van der Waals surface area contributed by atoms with E-state index >= 15 is 0 Å². The lowest BCUT2D eigenvalue weighted by atomic mass is 10.0. The summed E-state index contributed by atoms with van der Waals surface area (Å²) in [5.41, 5.74) is 6.14. The molecule has 4 rings (SSSR count). The summed E-state index contributed by atoms with van der Waals surface area (Å²) in [5.74, 6) is 0.398. The molecule has 1 N–H and O–H groups in total. The molecular weight excluding hydrogens is 388 g/mol. The molecule has 30 heavy (non-hydrogen) atoms. The van der Waals surface area contributed by atoms with Gasteiger partial charge in [0.05, 0.1) is 5.69 Å². The van der Waals surface area contributed by atoms with Gasteiger partial charge in [0.2, 0.25) is 0 Å². The molecule has 0 spiro atoms. The second-order valence-electron chi connectivity index (χ2n) is 7.56. The average molecular weight is 413 g/mol. The molecule has 0 aliphatic heterocycles. The Labute approximate surface area is 181 Å². The molecule has 0 atom stereocenters. The topological polar surface area (TPSA) is 42.0 Å². The minimum absolute atomic E-state index is 0.0590. The first-order chi connectivity index (χ1) is 14.6. The zero-order valence-corrected chi connectivity index (χ0v) is 17.9. The van der Waals surface area contributed by atoms with Crippen LogP contribution in [-0.2, 0) is 6.54 Å². The van der Waals surface area contributed by atoms with E-state index in [0.717, 1.165) is 27.4 Å². The number of nitrogens with one attached hydrogen (secondary N) is 1. The van der Waals surface area contributed by atoms with Crippen molar-refractivity contribution in [3.63, 3.8) is 0 Å². The van der Waals surface area contributed by atoms with Crippen molar-refractivity contribution < 1.29 is 4.79 Å². The summed E-state index contributed by atoms with van der Waals surface area (Å²) < 4.78 is 0. The van der Waals surface area contributed by atoms with Crippen LogP contribution in [0.2, 0.25) is 0 Å². The standard InChI is InChI=1S/C26H24N2OS/c1-18(2)20-11-13-22(14-12-20)25(29)27-16-19-7-6-10-23(15-19)26-28-24(17-30-26)21-8-4-3-5-9-21/h3-15,17-18H,16H2,1-2H3,(H,27,29). The van der Waals surface area contributed by atoms with Gasteiger partial charge in [-0.25, -0.2) is 4.98 Å². The predicted octanol–water partition coefficient (Wildman–Crippen LogP) is 6.53. The van der Waals surface area contributed by atoms with Crippen molar-refractivity contribution in [3.05, 3.63) is 101 Å². The summed E-state index contributed by atoms with van der Waals surface area (Å²) in [6, 6.07) is 26.2. The molecule has 0 aliphatic rings. The van der Waals surface area contributed by atoms with Gasteiger partial charge in [0.15, 0.2) is 0 Å². The van der Waals surface area contributed by atoms with Crippen LogP contribution in [0.5, 0.6) is 0 Å². The Kier molecular flexibility index (Phi) is 6.05. The molecule has 0 saturated carbocycles. The molecule has 0 radical (unpaired) electrons. The van der Waals surface area contributed by atoms with Crippen molar-refractivity contribution in [2.24, 2.45) is 0 Å². The van der Waals surface area contributed by atoms with E-state index in [1.165, 1.54) is 5.56 Å². The summed E-state index contributed by atoms with van der Waals surface area (Å²) in [7, 11) is 0. The third-order valence-corrected chi connectivity index (χ3v) is 5.93. The maximum atomic E-state index is 12.5. The molecule has 1 amide bonds. The number of carbonyl (C=O) groups excluding carboxylic acids is 1. The van der Waals surface area contributed by atoms with Gasteiger partial charge >= 0.3 is 0 Å². The summed E-state index contributed by atoms with van der Waals surface area (Å²) in [4.78, 5) is 17.3. The molecule has 0 saturated heterocycles. The summed E-state index contributed by atoms with van der Waals surface area (Å²) in [6.07, 6.45) is 0. The lowest BCUT2D eigenvalue weighted by Gasteiger charge is -2.09. The molecule has 4 heteroatoms. The van der Waals surface area contributed by atoms with Crippen LogP contribution < -0.4 is 5.32 Å². The van der Waals surface area contributed by atoms with Crippen molar-refractivity contribution in [1.82, 2.24) is 10.3 Å². The van der Waals surface area contributed by atoms with E-state index in [2.05, 4.69) is 48.8 Å². The van der Waals surface area contributed by atoms with E-state index in [4.69, 9.17) is 4.98 Å². The van der Waals surface area contributed by atoms with Crippen molar-refractivity contribution in [2.75, 3.05) is 0 Å². The van der Waals surface area contributed by atoms with Crippen LogP contribution in [-0.4, -0.2) is 10.9 Å². The van der Waals surface area contributed by atoms with E-state index in [9.17, 15) is 4.79 Å². The fourth-order valence-electron chi connectivity index (χ4n) is 3.27. The van der Waals surface area contributed by atoms with Crippen LogP contribution in [0, 0.1) is 0 Å². The molecule has 0 unspecified atom stereocenters. The largest absolute Gasteiger partial charge is 0.348 e. The molecule has 0 aliphatic carbocycles. The second-order valence-corrected chi connectivity index (χ2v) is 8.42. The van der Waals surface area contributed by atoms with Crippen molar-refractivity contribution in [3.8, 4) is 21.8 Å². The van der Waals surface area contributed by atoms with Gasteiger partial charge in [0.25, 0.3) is 5.91 Å². The van der Waals surface area contributed by atoms with Crippen LogP contribution in [0.4, 0.5) is 0 Å². The predicted molar refractivity (Wildman–Crippen MR) is 125 cm³/mol. The number of nitrogens with zero attached hydrogens (tertiary/aromatic N) is 1. The lowest BCUT2D eigenvalue weighted by Crippen LogP contribution is -2.22. The normalized spacial score (nSPS) is 10.9. The van der Waals surface area contributed by atoms with Gasteiger partial charge in [0.1, 0.15) is 5.01 Å². The number of benzene rings is 3. The first kappa shape index (κ1) is 20.0. The Morgan fingerprint density at radius 2 is 1.67 bits per heavy atom. The fourth-order valence-corrected chi connectivity index (χ4v) is 4.09. The first-order valence-corrected chi connectivity index (χ1v) is 11.0. The molecular formula is C26H24N2OS. The van der Waals surface area contributed by atoms with Gasteiger partial charge in [-0.05, 0) is 35.2 Å². The Bertz CT molecular complexity index is 1130. The SMILES string of the molecule is CC(C)c1ccc(C(=O)NCc2cccc(-c3nc(-c4ccccc4)cs3)c2)cc1. The number of aromatic nitrogens is 1. The molecule has 0 fully saturated rings. The third-order valence-electron chi connectivity index (χ3n) is 5.04. The Hall–Kier alpha value is -3.24. The van der Waals surface area contributed by atoms with Crippen LogP contribution in [0.1, 0.15) is 41.3 Å². The Morgan fingerprint density at radius 3 is 2.40 bits per heavy atom. The van der Waals surface area contributed by atoms with Gasteiger partial charge in [-0.1, -0.05) is 74.5 Å². The zero-order valence-electron chi connectivity index (χ0n) is 17.1. The molecule has 3 aromatic carbocycles.